The zero-order valence-corrected chi connectivity index (χ0v) is 49.9. The second-order valence-electron chi connectivity index (χ2n) is 22.7. The fourth-order valence-corrected chi connectivity index (χ4v) is 9.24. The minimum Gasteiger partial charge on any atom is -0.545 e. The van der Waals surface area contributed by atoms with Crippen molar-refractivity contribution in [3.63, 3.8) is 0 Å². The number of carbonyl (C=O) groups excluding carboxylic acids is 3. The maximum Gasteiger partial charge on any atom is 0.306 e. The average Bonchev–Trinajstić information content (AvgIpc) is 3.38. The van der Waals surface area contributed by atoms with Gasteiger partial charge in [-0.05, 0) is 51.4 Å². The van der Waals surface area contributed by atoms with E-state index < -0.39 is 24.3 Å². The smallest absolute Gasteiger partial charge is 0.306 e. The number of carboxylic acid groups (broad SMARTS) is 1. The monoisotopic (exact) mass is 1060 g/mol. The Kier molecular flexibility index (Phi) is 55.3. The van der Waals surface area contributed by atoms with Crippen molar-refractivity contribution in [1.29, 1.82) is 0 Å². The summed E-state index contributed by atoms with van der Waals surface area (Å²) in [4.78, 5) is 37.2. The van der Waals surface area contributed by atoms with Crippen LogP contribution in [-0.2, 0) is 33.3 Å². The molecule has 0 radical (unpaired) electrons. The molecule has 0 aliphatic carbocycles. The van der Waals surface area contributed by atoms with Crippen LogP contribution in [0.2, 0.25) is 0 Å². The van der Waals surface area contributed by atoms with Gasteiger partial charge in [-0.1, -0.05) is 281 Å². The number of hydrogen-bond donors (Lipinski definition) is 0. The summed E-state index contributed by atoms with van der Waals surface area (Å²) >= 11 is 0. The van der Waals surface area contributed by atoms with Crippen LogP contribution in [0.15, 0.2) is 48.6 Å². The Morgan fingerprint density at radius 3 is 1.13 bits per heavy atom. The van der Waals surface area contributed by atoms with Crippen molar-refractivity contribution in [1.82, 2.24) is 0 Å². The summed E-state index contributed by atoms with van der Waals surface area (Å²) < 4.78 is 22.7. The van der Waals surface area contributed by atoms with Gasteiger partial charge in [0, 0.05) is 12.8 Å². The maximum atomic E-state index is 12.9. The highest BCUT2D eigenvalue weighted by molar-refractivity contribution is 5.70. The minimum absolute atomic E-state index is 0.151. The first-order chi connectivity index (χ1) is 36.6. The first kappa shape index (κ1) is 72.2. The van der Waals surface area contributed by atoms with Gasteiger partial charge in [-0.2, -0.15) is 0 Å². The Labute approximate surface area is 463 Å². The van der Waals surface area contributed by atoms with Crippen LogP contribution in [0.1, 0.15) is 296 Å². The molecule has 0 aliphatic heterocycles. The molecule has 0 aromatic heterocycles. The molecule has 0 saturated heterocycles. The van der Waals surface area contributed by atoms with Crippen molar-refractivity contribution in [3.8, 4) is 0 Å². The van der Waals surface area contributed by atoms with Gasteiger partial charge in [-0.15, -0.1) is 0 Å². The minimum atomic E-state index is -1.62. The standard InChI is InChI=1S/C66H121NO8/c1-6-8-10-12-14-16-18-20-21-22-23-24-25-26-27-28-29-30-31-32-33-34-35-36-37-38-39-40-41-42-43-45-47-49-51-53-55-57-64(69)75-62(61-74-66(65(70)71)72-59-58-67(3,4)5)60-73-63(68)56-54-52-50-48-46-44-19-17-15-13-11-9-7-2/h8,10,14,16,20-21,23-24,62,66H,6-7,9,11-13,15,17-19,22,25-61H2,1-5H3/b10-8-,16-14-,21-20-,24-23-. The van der Waals surface area contributed by atoms with Crippen molar-refractivity contribution in [2.75, 3.05) is 47.5 Å². The Morgan fingerprint density at radius 2 is 0.760 bits per heavy atom. The molecule has 438 valence electrons. The summed E-state index contributed by atoms with van der Waals surface area (Å²) in [6.45, 7) is 4.67. The molecular formula is C66H121NO8. The second kappa shape index (κ2) is 57.4. The summed E-state index contributed by atoms with van der Waals surface area (Å²) in [5, 5.41) is 11.8. The Balaban J connectivity index is 3.96. The van der Waals surface area contributed by atoms with Gasteiger partial charge >= 0.3 is 11.9 Å². The van der Waals surface area contributed by atoms with Crippen molar-refractivity contribution in [2.24, 2.45) is 0 Å². The maximum absolute atomic E-state index is 12.9. The third kappa shape index (κ3) is 58.8. The van der Waals surface area contributed by atoms with Crippen LogP contribution in [0.5, 0.6) is 0 Å². The van der Waals surface area contributed by atoms with Crippen molar-refractivity contribution < 1.29 is 42.9 Å². The number of carboxylic acids is 1. The summed E-state index contributed by atoms with van der Waals surface area (Å²) in [7, 11) is 5.93. The number of allylic oxidation sites excluding steroid dienone is 8. The molecule has 0 rings (SSSR count). The van der Waals surface area contributed by atoms with E-state index >= 15 is 0 Å². The van der Waals surface area contributed by atoms with Crippen LogP contribution in [0.3, 0.4) is 0 Å². The van der Waals surface area contributed by atoms with E-state index in [4.69, 9.17) is 18.9 Å². The second-order valence-corrected chi connectivity index (χ2v) is 22.7. The van der Waals surface area contributed by atoms with Crippen LogP contribution in [-0.4, -0.2) is 82.3 Å². The van der Waals surface area contributed by atoms with Gasteiger partial charge in [0.2, 0.25) is 0 Å². The molecule has 75 heavy (non-hydrogen) atoms. The third-order valence-electron chi connectivity index (χ3n) is 14.1. The lowest BCUT2D eigenvalue weighted by Gasteiger charge is -2.26. The summed E-state index contributed by atoms with van der Waals surface area (Å²) in [5.74, 6) is -2.26. The molecule has 9 heteroatoms. The van der Waals surface area contributed by atoms with Crippen LogP contribution in [0.25, 0.3) is 0 Å². The highest BCUT2D eigenvalue weighted by atomic mass is 16.7. The topological polar surface area (TPSA) is 111 Å². The van der Waals surface area contributed by atoms with Crippen molar-refractivity contribution >= 4 is 17.9 Å². The Bertz CT molecular complexity index is 1370. The highest BCUT2D eigenvalue weighted by Crippen LogP contribution is 2.18. The summed E-state index contributed by atoms with van der Waals surface area (Å²) in [6.07, 6.45) is 69.1. The van der Waals surface area contributed by atoms with Crippen molar-refractivity contribution in [2.45, 2.75) is 309 Å². The van der Waals surface area contributed by atoms with E-state index in [1.165, 1.54) is 205 Å². The molecule has 2 unspecified atom stereocenters. The number of unbranched alkanes of at least 4 members (excludes halogenated alkanes) is 36. The molecule has 0 saturated carbocycles. The molecule has 0 aromatic rings. The number of likely N-dealkylation sites (N-methyl/N-ethyl adjacent to an activating group) is 1. The molecule has 0 bridgehead atoms. The average molecular weight is 1060 g/mol. The lowest BCUT2D eigenvalue weighted by molar-refractivity contribution is -0.870. The number of quaternary nitrogens is 1. The molecule has 0 aromatic carbocycles. The van der Waals surface area contributed by atoms with Gasteiger partial charge in [0.15, 0.2) is 12.4 Å². The van der Waals surface area contributed by atoms with Crippen molar-refractivity contribution in [3.05, 3.63) is 48.6 Å². The van der Waals surface area contributed by atoms with E-state index in [-0.39, 0.29) is 32.2 Å². The number of hydrogen-bond acceptors (Lipinski definition) is 8. The van der Waals surface area contributed by atoms with Gasteiger partial charge < -0.3 is 33.3 Å². The molecule has 0 amide bonds. The molecule has 9 nitrogen and oxygen atoms in total. The largest absolute Gasteiger partial charge is 0.545 e. The fraction of sp³-hybridized carbons (Fsp3) is 0.833. The van der Waals surface area contributed by atoms with E-state index in [0.717, 1.165) is 64.2 Å². The third-order valence-corrected chi connectivity index (χ3v) is 14.1. The van der Waals surface area contributed by atoms with Gasteiger partial charge in [0.25, 0.3) is 0 Å². The number of carbonyl (C=O) groups is 3. The predicted molar refractivity (Wildman–Crippen MR) is 315 cm³/mol. The van der Waals surface area contributed by atoms with Crippen LogP contribution in [0.4, 0.5) is 0 Å². The normalized spacial score (nSPS) is 13.0. The fourth-order valence-electron chi connectivity index (χ4n) is 9.24. The predicted octanol–water partition coefficient (Wildman–Crippen LogP) is 17.7. The van der Waals surface area contributed by atoms with Gasteiger partial charge in [-0.3, -0.25) is 9.59 Å². The molecule has 0 spiro atoms. The Morgan fingerprint density at radius 1 is 0.413 bits per heavy atom. The number of aliphatic carboxylic acids is 1. The number of ether oxygens (including phenoxy) is 4. The number of rotatable bonds is 59. The van der Waals surface area contributed by atoms with E-state index in [2.05, 4.69) is 62.5 Å². The van der Waals surface area contributed by atoms with Crippen LogP contribution >= 0.6 is 0 Å². The summed E-state index contributed by atoms with van der Waals surface area (Å²) in [5.41, 5.74) is 0. The number of nitrogens with zero attached hydrogens (tertiary/aromatic N) is 1. The SMILES string of the molecule is CC/C=C\C/C=C\C/C=C\C/C=C\CCCCCCCCCCCCCCCCCCCCCCCCCCC(=O)OC(COC(=O)CCCCCCCCCCCCCCC)COC(OCC[N+](C)(C)C)C(=O)[O-]. The highest BCUT2D eigenvalue weighted by Gasteiger charge is 2.22. The molecule has 0 heterocycles. The summed E-state index contributed by atoms with van der Waals surface area (Å²) in [6, 6.07) is 0. The zero-order chi connectivity index (χ0) is 54.8. The van der Waals surface area contributed by atoms with E-state index in [1.807, 2.05) is 21.1 Å². The van der Waals surface area contributed by atoms with Crippen LogP contribution < -0.4 is 5.11 Å². The van der Waals surface area contributed by atoms with E-state index in [9.17, 15) is 19.5 Å². The Hall–Kier alpha value is -2.75. The molecule has 0 N–H and O–H groups in total. The first-order valence-electron chi connectivity index (χ1n) is 31.8. The molecular weight excluding hydrogens is 935 g/mol. The van der Waals surface area contributed by atoms with Gasteiger partial charge in [0.05, 0.1) is 40.3 Å². The lowest BCUT2D eigenvalue weighted by atomic mass is 10.0. The quantitative estimate of drug-likeness (QED) is 0.0195. The zero-order valence-electron chi connectivity index (χ0n) is 49.9. The van der Waals surface area contributed by atoms with E-state index in [0.29, 0.717) is 17.4 Å². The molecule has 2 atom stereocenters. The molecule has 0 aliphatic rings. The lowest BCUT2D eigenvalue weighted by Crippen LogP contribution is -2.44. The van der Waals surface area contributed by atoms with Gasteiger partial charge in [-0.25, -0.2) is 0 Å². The molecule has 0 fully saturated rings. The number of esters is 2. The van der Waals surface area contributed by atoms with Gasteiger partial charge in [0.1, 0.15) is 13.2 Å². The van der Waals surface area contributed by atoms with E-state index in [1.54, 1.807) is 0 Å². The first-order valence-corrected chi connectivity index (χ1v) is 31.8. The van der Waals surface area contributed by atoms with Crippen LogP contribution in [0, 0.1) is 0 Å².